The first kappa shape index (κ1) is 23.0. The van der Waals surface area contributed by atoms with Gasteiger partial charge in [0.25, 0.3) is 0 Å². The molecule has 0 aromatic rings. The molecule has 2 aliphatic heterocycles. The summed E-state index contributed by atoms with van der Waals surface area (Å²) in [5, 5.41) is 11.9. The lowest BCUT2D eigenvalue weighted by molar-refractivity contribution is -0.190. The summed E-state index contributed by atoms with van der Waals surface area (Å²) in [6.07, 6.45) is 2.09. The second kappa shape index (κ2) is 7.42. The third kappa shape index (κ3) is 3.06. The first-order valence-corrected chi connectivity index (χ1v) is 11.2. The van der Waals surface area contributed by atoms with Crippen LogP contribution in [0.5, 0.6) is 0 Å². The lowest BCUT2D eigenvalue weighted by Crippen LogP contribution is -2.60. The lowest BCUT2D eigenvalue weighted by atomic mass is 9.57. The number of aliphatic hydroxyl groups excluding tert-OH is 1. The Kier molecular flexibility index (Phi) is 5.33. The van der Waals surface area contributed by atoms with Gasteiger partial charge in [-0.3, -0.25) is 9.59 Å². The first-order chi connectivity index (χ1) is 14.9. The number of rotatable bonds is 2. The van der Waals surface area contributed by atoms with Crippen LogP contribution in [0, 0.1) is 11.3 Å². The highest BCUT2D eigenvalue weighted by Gasteiger charge is 2.85. The molecule has 1 N–H and O–H groups in total. The van der Waals surface area contributed by atoms with Crippen LogP contribution in [-0.2, 0) is 33.3 Å². The maximum Gasteiger partial charge on any atom is 0.342 e. The second-order valence-corrected chi connectivity index (χ2v) is 9.97. The van der Waals surface area contributed by atoms with Crippen LogP contribution in [0.4, 0.5) is 0 Å². The Morgan fingerprint density at radius 3 is 2.34 bits per heavy atom. The van der Waals surface area contributed by atoms with Crippen LogP contribution in [0.3, 0.4) is 0 Å². The number of hydrogen-bond donors (Lipinski definition) is 1. The lowest BCUT2D eigenvalue weighted by Gasteiger charge is -2.52. The molecule has 4 aliphatic rings. The molecule has 2 heterocycles. The van der Waals surface area contributed by atoms with E-state index < -0.39 is 64.9 Å². The molecule has 32 heavy (non-hydrogen) atoms. The minimum atomic E-state index is -1.26. The Morgan fingerprint density at radius 2 is 1.75 bits per heavy atom. The largest absolute Gasteiger partial charge is 0.462 e. The molecule has 176 valence electrons. The van der Waals surface area contributed by atoms with Crippen molar-refractivity contribution in [3.05, 3.63) is 23.3 Å². The van der Waals surface area contributed by atoms with Gasteiger partial charge in [-0.2, -0.15) is 0 Å². The summed E-state index contributed by atoms with van der Waals surface area (Å²) < 4.78 is 23.2. The summed E-state index contributed by atoms with van der Waals surface area (Å²) in [6.45, 7) is 10.0. The van der Waals surface area contributed by atoms with Crippen molar-refractivity contribution in [2.24, 2.45) is 11.3 Å². The third-order valence-corrected chi connectivity index (χ3v) is 7.93. The smallest absolute Gasteiger partial charge is 0.342 e. The van der Waals surface area contributed by atoms with Crippen LogP contribution >= 0.6 is 0 Å². The summed E-state index contributed by atoms with van der Waals surface area (Å²) in [7, 11) is 0. The fourth-order valence-electron chi connectivity index (χ4n) is 6.21. The molecule has 0 radical (unpaired) electrons. The number of aliphatic hydroxyl groups is 1. The van der Waals surface area contributed by atoms with Crippen molar-refractivity contribution >= 4 is 17.9 Å². The van der Waals surface area contributed by atoms with Crippen molar-refractivity contribution in [2.75, 3.05) is 0 Å². The number of hydrogen-bond acceptors (Lipinski definition) is 8. The average molecular weight is 449 g/mol. The van der Waals surface area contributed by atoms with Gasteiger partial charge in [-0.1, -0.05) is 24.1 Å². The van der Waals surface area contributed by atoms with Crippen LogP contribution in [-0.4, -0.2) is 58.6 Å². The van der Waals surface area contributed by atoms with E-state index in [1.165, 1.54) is 13.8 Å². The normalized spacial score (nSPS) is 46.8. The van der Waals surface area contributed by atoms with E-state index in [-0.39, 0.29) is 0 Å². The van der Waals surface area contributed by atoms with Crippen molar-refractivity contribution in [3.8, 4) is 0 Å². The Balaban J connectivity index is 1.90. The van der Waals surface area contributed by atoms with E-state index >= 15 is 0 Å². The summed E-state index contributed by atoms with van der Waals surface area (Å²) in [6, 6.07) is 0. The van der Waals surface area contributed by atoms with E-state index in [9.17, 15) is 19.5 Å². The van der Waals surface area contributed by atoms with E-state index in [2.05, 4.69) is 0 Å². The fraction of sp³-hybridized carbons (Fsp3) is 0.708. The van der Waals surface area contributed by atoms with E-state index in [0.717, 1.165) is 11.1 Å². The molecule has 0 aromatic heterocycles. The van der Waals surface area contributed by atoms with Crippen molar-refractivity contribution in [1.29, 1.82) is 0 Å². The second-order valence-electron chi connectivity index (χ2n) is 9.97. The molecule has 2 saturated heterocycles. The van der Waals surface area contributed by atoms with E-state index in [1.54, 1.807) is 6.92 Å². The van der Waals surface area contributed by atoms with Crippen molar-refractivity contribution in [1.82, 2.24) is 0 Å². The highest BCUT2D eigenvalue weighted by Crippen LogP contribution is 2.64. The number of carbonyl (C=O) groups excluding carboxylic acids is 3. The van der Waals surface area contributed by atoms with Gasteiger partial charge in [-0.25, -0.2) is 4.79 Å². The van der Waals surface area contributed by atoms with E-state index in [4.69, 9.17) is 18.9 Å². The van der Waals surface area contributed by atoms with Gasteiger partial charge >= 0.3 is 17.9 Å². The average Bonchev–Trinajstić information content (AvgIpc) is 3.28. The standard InChI is InChI=1S/C24H32O8/c1-12-7-9-16(29-14(3)25)22(5)17(30-15(4)26)10-8-13(2)19(22)20(27)24-18(11-12)31-21(28)23(24,6)32-24/h8,11,16-20,27H,7,9-10H2,1-6H3/b12-11-/t16-,17-,18-,19+,20-,22-,23-,24-/m0/s1. The van der Waals surface area contributed by atoms with Gasteiger partial charge in [0.2, 0.25) is 0 Å². The zero-order valence-corrected chi connectivity index (χ0v) is 19.5. The minimum Gasteiger partial charge on any atom is -0.462 e. The number of ether oxygens (including phenoxy) is 4. The molecule has 2 fully saturated rings. The monoisotopic (exact) mass is 448 g/mol. The summed E-state index contributed by atoms with van der Waals surface area (Å²) in [4.78, 5) is 36.7. The number of allylic oxidation sites excluding steroid dienone is 1. The van der Waals surface area contributed by atoms with Gasteiger partial charge in [0.05, 0.1) is 11.5 Å². The predicted octanol–water partition coefficient (Wildman–Crippen LogP) is 2.38. The molecule has 8 atom stereocenters. The topological polar surface area (TPSA) is 112 Å². The molecule has 2 aliphatic carbocycles. The van der Waals surface area contributed by atoms with Crippen LogP contribution in [0.2, 0.25) is 0 Å². The van der Waals surface area contributed by atoms with Crippen LogP contribution in [0.25, 0.3) is 0 Å². The number of esters is 3. The van der Waals surface area contributed by atoms with Crippen molar-refractivity contribution < 1.29 is 38.4 Å². The number of fused-ring (bicyclic) bond motifs is 1. The molecule has 0 saturated carbocycles. The zero-order valence-electron chi connectivity index (χ0n) is 19.5. The molecule has 4 rings (SSSR count). The molecule has 8 nitrogen and oxygen atoms in total. The highest BCUT2D eigenvalue weighted by atomic mass is 16.7. The Bertz CT molecular complexity index is 921. The third-order valence-electron chi connectivity index (χ3n) is 7.93. The molecule has 0 bridgehead atoms. The van der Waals surface area contributed by atoms with Crippen molar-refractivity contribution in [3.63, 3.8) is 0 Å². The van der Waals surface area contributed by atoms with Gasteiger partial charge in [-0.05, 0) is 39.7 Å². The van der Waals surface area contributed by atoms with Crippen LogP contribution in [0.1, 0.15) is 60.8 Å². The summed E-state index contributed by atoms with van der Waals surface area (Å²) in [5.41, 5.74) is -1.68. The van der Waals surface area contributed by atoms with Crippen LogP contribution < -0.4 is 0 Å². The molecule has 8 heteroatoms. The van der Waals surface area contributed by atoms with Gasteiger partial charge in [-0.15, -0.1) is 0 Å². The van der Waals surface area contributed by atoms with Crippen molar-refractivity contribution in [2.45, 2.75) is 96.4 Å². The molecular weight excluding hydrogens is 416 g/mol. The number of epoxide rings is 1. The molecule has 1 spiro atoms. The number of carbonyl (C=O) groups is 3. The molecule has 0 amide bonds. The highest BCUT2D eigenvalue weighted by molar-refractivity contribution is 5.89. The Hall–Kier alpha value is -2.19. The summed E-state index contributed by atoms with van der Waals surface area (Å²) >= 11 is 0. The van der Waals surface area contributed by atoms with E-state index in [1.807, 2.05) is 32.9 Å². The molecule has 0 unspecified atom stereocenters. The molecule has 0 aromatic carbocycles. The van der Waals surface area contributed by atoms with Crippen LogP contribution in [0.15, 0.2) is 23.3 Å². The Morgan fingerprint density at radius 1 is 1.12 bits per heavy atom. The maximum absolute atomic E-state index is 12.6. The minimum absolute atomic E-state index is 0.432. The van der Waals surface area contributed by atoms with Gasteiger partial charge < -0.3 is 24.1 Å². The van der Waals surface area contributed by atoms with Gasteiger partial charge in [0, 0.05) is 26.2 Å². The van der Waals surface area contributed by atoms with E-state index in [0.29, 0.717) is 19.3 Å². The SMILES string of the molecule is CC(=O)O[C@H]1CC=C(C)[C@@H]2[C@H](O)[C@]34O[C@@]3(C)C(=O)O[C@H]4/C=C(/C)CC[C@H](OC(C)=O)[C@@]12C. The quantitative estimate of drug-likeness (QED) is 0.297. The first-order valence-electron chi connectivity index (χ1n) is 11.2. The Labute approximate surface area is 187 Å². The zero-order chi connectivity index (χ0) is 23.6. The van der Waals surface area contributed by atoms with Gasteiger partial charge in [0.15, 0.2) is 17.3 Å². The fourth-order valence-corrected chi connectivity index (χ4v) is 6.21. The van der Waals surface area contributed by atoms with Gasteiger partial charge in [0.1, 0.15) is 12.2 Å². The summed E-state index contributed by atoms with van der Waals surface area (Å²) in [5.74, 6) is -2.00. The predicted molar refractivity (Wildman–Crippen MR) is 112 cm³/mol. The maximum atomic E-state index is 12.6. The molecular formula is C24H32O8.